The topological polar surface area (TPSA) is 33.1 Å². The molecule has 0 spiro atoms. The van der Waals surface area contributed by atoms with Crippen LogP contribution in [0.25, 0.3) is 0 Å². The average Bonchev–Trinajstić information content (AvgIpc) is 3.12. The zero-order valence-electron chi connectivity index (χ0n) is 13.2. The van der Waals surface area contributed by atoms with E-state index in [0.717, 1.165) is 17.4 Å². The summed E-state index contributed by atoms with van der Waals surface area (Å²) >= 11 is 5.53. The highest BCUT2D eigenvalue weighted by Crippen LogP contribution is 2.38. The van der Waals surface area contributed by atoms with Gasteiger partial charge in [0.15, 0.2) is 5.11 Å². The van der Waals surface area contributed by atoms with Crippen LogP contribution >= 0.6 is 12.2 Å². The van der Waals surface area contributed by atoms with Crippen LogP contribution in [0.2, 0.25) is 0 Å². The fourth-order valence-electron chi connectivity index (χ4n) is 3.04. The fraction of sp³-hybridized carbons (Fsp3) is 0.412. The summed E-state index contributed by atoms with van der Waals surface area (Å²) in [7, 11) is 0. The zero-order valence-corrected chi connectivity index (χ0v) is 14.0. The maximum Gasteiger partial charge on any atom is 0.170 e. The van der Waals surface area contributed by atoms with E-state index in [-0.39, 0.29) is 12.1 Å². The van der Waals surface area contributed by atoms with Gasteiger partial charge in [-0.3, -0.25) is 4.98 Å². The van der Waals surface area contributed by atoms with Crippen LogP contribution in [0.4, 0.5) is 0 Å². The minimum absolute atomic E-state index is 0.0941. The molecule has 3 heterocycles. The Balaban J connectivity index is 2.00. The standard InChI is InChI=1S/C17H22N4S/c1-4-21-16(13-8-10-20(11-13)12(2)3)15(19-17(21)22)14-7-5-6-9-18-14/h5-12,15-16H,4H2,1-3H3,(H,19,22)/t15-,16+/m0/s1. The molecule has 116 valence electrons. The quantitative estimate of drug-likeness (QED) is 0.876. The number of likely N-dealkylation sites (N-methyl/N-ethyl adjacent to an activating group) is 1. The molecule has 2 aromatic heterocycles. The highest BCUT2D eigenvalue weighted by Gasteiger charge is 2.39. The Morgan fingerprint density at radius 1 is 1.32 bits per heavy atom. The van der Waals surface area contributed by atoms with Gasteiger partial charge in [0.05, 0.1) is 17.8 Å². The van der Waals surface area contributed by atoms with Crippen molar-refractivity contribution < 1.29 is 0 Å². The largest absolute Gasteiger partial charge is 0.352 e. The summed E-state index contributed by atoms with van der Waals surface area (Å²) in [5, 5.41) is 4.25. The van der Waals surface area contributed by atoms with E-state index in [1.165, 1.54) is 5.56 Å². The van der Waals surface area contributed by atoms with Gasteiger partial charge in [-0.2, -0.15) is 0 Å². The summed E-state index contributed by atoms with van der Waals surface area (Å²) in [5.41, 5.74) is 2.31. The molecule has 2 atom stereocenters. The van der Waals surface area contributed by atoms with Crippen LogP contribution in [-0.4, -0.2) is 26.1 Å². The number of thiocarbonyl (C=S) groups is 1. The van der Waals surface area contributed by atoms with Crippen LogP contribution in [0, 0.1) is 0 Å². The van der Waals surface area contributed by atoms with Crippen molar-refractivity contribution in [1.82, 2.24) is 19.8 Å². The van der Waals surface area contributed by atoms with Gasteiger partial charge < -0.3 is 14.8 Å². The van der Waals surface area contributed by atoms with Crippen LogP contribution in [0.15, 0.2) is 42.9 Å². The predicted octanol–water partition coefficient (Wildman–Crippen LogP) is 3.46. The second kappa shape index (κ2) is 6.08. The molecule has 0 amide bonds. The lowest BCUT2D eigenvalue weighted by Crippen LogP contribution is -2.29. The van der Waals surface area contributed by atoms with Crippen molar-refractivity contribution in [3.63, 3.8) is 0 Å². The van der Waals surface area contributed by atoms with Gasteiger partial charge in [0, 0.05) is 31.2 Å². The van der Waals surface area contributed by atoms with Gasteiger partial charge in [-0.1, -0.05) is 6.07 Å². The van der Waals surface area contributed by atoms with E-state index in [2.05, 4.69) is 65.1 Å². The van der Waals surface area contributed by atoms with Crippen molar-refractivity contribution in [1.29, 1.82) is 0 Å². The molecule has 4 nitrogen and oxygen atoms in total. The van der Waals surface area contributed by atoms with Crippen LogP contribution in [0.5, 0.6) is 0 Å². The molecule has 1 N–H and O–H groups in total. The van der Waals surface area contributed by atoms with E-state index in [1.807, 2.05) is 18.3 Å². The first-order chi connectivity index (χ1) is 10.6. The van der Waals surface area contributed by atoms with Gasteiger partial charge in [0.2, 0.25) is 0 Å². The second-order valence-corrected chi connectivity index (χ2v) is 6.29. The van der Waals surface area contributed by atoms with E-state index < -0.39 is 0 Å². The molecule has 1 aliphatic heterocycles. The van der Waals surface area contributed by atoms with Gasteiger partial charge in [-0.05, 0) is 56.8 Å². The first kappa shape index (κ1) is 15.0. The number of pyridine rings is 1. The lowest BCUT2D eigenvalue weighted by Gasteiger charge is -2.25. The first-order valence-corrected chi connectivity index (χ1v) is 8.18. The molecule has 0 radical (unpaired) electrons. The van der Waals surface area contributed by atoms with E-state index in [1.54, 1.807) is 0 Å². The van der Waals surface area contributed by atoms with Gasteiger partial charge in [0.1, 0.15) is 0 Å². The Morgan fingerprint density at radius 3 is 2.73 bits per heavy atom. The number of nitrogens with zero attached hydrogens (tertiary/aromatic N) is 3. The molecule has 0 aromatic carbocycles. The molecular weight excluding hydrogens is 292 g/mol. The fourth-order valence-corrected chi connectivity index (χ4v) is 3.41. The van der Waals surface area contributed by atoms with Crippen LogP contribution in [0.1, 0.15) is 50.2 Å². The average molecular weight is 314 g/mol. The van der Waals surface area contributed by atoms with Crippen molar-refractivity contribution >= 4 is 17.3 Å². The lowest BCUT2D eigenvalue weighted by atomic mass is 9.99. The Morgan fingerprint density at radius 2 is 2.14 bits per heavy atom. The summed E-state index contributed by atoms with van der Waals surface area (Å²) in [5.74, 6) is 0. The number of hydrogen-bond acceptors (Lipinski definition) is 2. The van der Waals surface area contributed by atoms with Gasteiger partial charge >= 0.3 is 0 Å². The minimum atomic E-state index is 0.0941. The van der Waals surface area contributed by atoms with Gasteiger partial charge in [-0.25, -0.2) is 0 Å². The number of nitrogens with one attached hydrogen (secondary N) is 1. The summed E-state index contributed by atoms with van der Waals surface area (Å²) in [6.45, 7) is 7.40. The predicted molar refractivity (Wildman–Crippen MR) is 92.6 cm³/mol. The van der Waals surface area contributed by atoms with Crippen molar-refractivity contribution in [2.75, 3.05) is 6.54 Å². The Bertz CT molecular complexity index is 650. The molecule has 2 aromatic rings. The summed E-state index contributed by atoms with van der Waals surface area (Å²) in [4.78, 5) is 6.77. The lowest BCUT2D eigenvalue weighted by molar-refractivity contribution is 0.330. The number of aromatic nitrogens is 2. The highest BCUT2D eigenvalue weighted by atomic mass is 32.1. The molecule has 1 aliphatic rings. The normalized spacial score (nSPS) is 21.5. The molecule has 0 aliphatic carbocycles. The molecule has 1 fully saturated rings. The van der Waals surface area contributed by atoms with Crippen LogP contribution in [-0.2, 0) is 0 Å². The van der Waals surface area contributed by atoms with E-state index in [0.29, 0.717) is 6.04 Å². The minimum Gasteiger partial charge on any atom is -0.352 e. The number of rotatable bonds is 4. The number of hydrogen-bond donors (Lipinski definition) is 1. The van der Waals surface area contributed by atoms with Gasteiger partial charge in [0.25, 0.3) is 0 Å². The van der Waals surface area contributed by atoms with E-state index in [9.17, 15) is 0 Å². The van der Waals surface area contributed by atoms with Crippen molar-refractivity contribution in [2.45, 2.75) is 38.9 Å². The van der Waals surface area contributed by atoms with Gasteiger partial charge in [-0.15, -0.1) is 0 Å². The molecule has 3 rings (SSSR count). The molecule has 1 saturated heterocycles. The molecule has 0 bridgehead atoms. The summed E-state index contributed by atoms with van der Waals surface area (Å²) < 4.78 is 2.24. The molecule has 0 saturated carbocycles. The zero-order chi connectivity index (χ0) is 15.7. The third-order valence-corrected chi connectivity index (χ3v) is 4.57. The first-order valence-electron chi connectivity index (χ1n) is 7.77. The third-order valence-electron chi connectivity index (χ3n) is 4.21. The highest BCUT2D eigenvalue weighted by molar-refractivity contribution is 7.80. The van der Waals surface area contributed by atoms with Crippen LogP contribution < -0.4 is 5.32 Å². The Labute approximate surface area is 137 Å². The molecule has 22 heavy (non-hydrogen) atoms. The maximum atomic E-state index is 5.53. The van der Waals surface area contributed by atoms with Crippen molar-refractivity contribution in [3.05, 3.63) is 54.1 Å². The molecule has 5 heteroatoms. The van der Waals surface area contributed by atoms with E-state index in [4.69, 9.17) is 12.2 Å². The van der Waals surface area contributed by atoms with E-state index >= 15 is 0 Å². The van der Waals surface area contributed by atoms with Crippen molar-refractivity contribution in [2.24, 2.45) is 0 Å². The molecular formula is C17H22N4S. The maximum absolute atomic E-state index is 5.53. The third kappa shape index (κ3) is 2.61. The second-order valence-electron chi connectivity index (χ2n) is 5.90. The smallest absolute Gasteiger partial charge is 0.170 e. The Hall–Kier alpha value is -1.88. The summed E-state index contributed by atoms with van der Waals surface area (Å²) in [6, 6.07) is 8.96. The Kier molecular flexibility index (Phi) is 4.16. The van der Waals surface area contributed by atoms with Crippen LogP contribution in [0.3, 0.4) is 0 Å². The summed E-state index contributed by atoms with van der Waals surface area (Å²) in [6.07, 6.45) is 6.21. The SMILES string of the molecule is CCN1C(=S)N[C@@H](c2ccccn2)[C@H]1c1ccn(C(C)C)c1. The molecule has 0 unspecified atom stereocenters. The monoisotopic (exact) mass is 314 g/mol. The van der Waals surface area contributed by atoms with Crippen molar-refractivity contribution in [3.8, 4) is 0 Å².